The van der Waals surface area contributed by atoms with E-state index in [0.29, 0.717) is 11.0 Å². The SMILES string of the molecule is CN(C)c1ccc(CNc2ccc(Br)c([N+](=O)[O-])c2)cc1. The van der Waals surface area contributed by atoms with Crippen LogP contribution < -0.4 is 10.2 Å². The quantitative estimate of drug-likeness (QED) is 0.653. The Morgan fingerprint density at radius 2 is 1.86 bits per heavy atom. The van der Waals surface area contributed by atoms with E-state index in [4.69, 9.17) is 0 Å². The van der Waals surface area contributed by atoms with Gasteiger partial charge in [0.2, 0.25) is 0 Å². The zero-order valence-electron chi connectivity index (χ0n) is 11.8. The molecule has 0 spiro atoms. The summed E-state index contributed by atoms with van der Waals surface area (Å²) in [6.45, 7) is 0.618. The summed E-state index contributed by atoms with van der Waals surface area (Å²) in [7, 11) is 3.99. The summed E-state index contributed by atoms with van der Waals surface area (Å²) in [5.41, 5.74) is 3.04. The van der Waals surface area contributed by atoms with Crippen LogP contribution in [0, 0.1) is 10.1 Å². The summed E-state index contributed by atoms with van der Waals surface area (Å²) in [5, 5.41) is 14.1. The first-order valence-corrected chi connectivity index (χ1v) is 7.21. The van der Waals surface area contributed by atoms with Gasteiger partial charge in [-0.1, -0.05) is 12.1 Å². The summed E-state index contributed by atoms with van der Waals surface area (Å²) < 4.78 is 0.480. The average Bonchev–Trinajstić information content (AvgIpc) is 2.46. The lowest BCUT2D eigenvalue weighted by atomic mass is 10.2. The Morgan fingerprint density at radius 3 is 2.43 bits per heavy atom. The van der Waals surface area contributed by atoms with Crippen LogP contribution in [0.25, 0.3) is 0 Å². The molecule has 2 aromatic rings. The molecule has 0 aliphatic carbocycles. The zero-order chi connectivity index (χ0) is 15.4. The van der Waals surface area contributed by atoms with Gasteiger partial charge in [-0.15, -0.1) is 0 Å². The lowest BCUT2D eigenvalue weighted by molar-refractivity contribution is -0.385. The molecule has 0 aliphatic heterocycles. The van der Waals surface area contributed by atoms with Crippen molar-refractivity contribution in [2.75, 3.05) is 24.3 Å². The molecule has 0 amide bonds. The van der Waals surface area contributed by atoms with E-state index < -0.39 is 4.92 Å². The minimum atomic E-state index is -0.402. The maximum absolute atomic E-state index is 10.9. The number of nitrogens with one attached hydrogen (secondary N) is 1. The van der Waals surface area contributed by atoms with Gasteiger partial charge in [0.05, 0.1) is 9.40 Å². The molecule has 0 heterocycles. The molecule has 0 radical (unpaired) electrons. The summed E-state index contributed by atoms with van der Waals surface area (Å²) >= 11 is 3.17. The highest BCUT2D eigenvalue weighted by molar-refractivity contribution is 9.10. The van der Waals surface area contributed by atoms with Crippen LogP contribution in [0.5, 0.6) is 0 Å². The van der Waals surface area contributed by atoms with Crippen LogP contribution >= 0.6 is 15.9 Å². The van der Waals surface area contributed by atoms with Gasteiger partial charge in [-0.05, 0) is 45.8 Å². The molecular formula is C15H16BrN3O2. The molecule has 5 nitrogen and oxygen atoms in total. The third-order valence-electron chi connectivity index (χ3n) is 3.09. The smallest absolute Gasteiger partial charge is 0.285 e. The molecule has 0 saturated heterocycles. The molecule has 0 unspecified atom stereocenters. The van der Waals surface area contributed by atoms with Crippen LogP contribution in [0.1, 0.15) is 5.56 Å². The number of halogens is 1. The predicted molar refractivity (Wildman–Crippen MR) is 88.9 cm³/mol. The largest absolute Gasteiger partial charge is 0.381 e. The average molecular weight is 350 g/mol. The third-order valence-corrected chi connectivity index (χ3v) is 3.76. The molecule has 0 aliphatic rings. The molecule has 0 fully saturated rings. The van der Waals surface area contributed by atoms with Gasteiger partial charge in [0.15, 0.2) is 0 Å². The number of nitro groups is 1. The van der Waals surface area contributed by atoms with Crippen LogP contribution in [0.3, 0.4) is 0 Å². The van der Waals surface area contributed by atoms with Gasteiger partial charge in [-0.2, -0.15) is 0 Å². The Labute approximate surface area is 131 Å². The van der Waals surface area contributed by atoms with E-state index in [1.165, 1.54) is 6.07 Å². The number of nitro benzene ring substituents is 1. The summed E-state index contributed by atoms with van der Waals surface area (Å²) in [6.07, 6.45) is 0. The van der Waals surface area contributed by atoms with E-state index in [9.17, 15) is 10.1 Å². The van der Waals surface area contributed by atoms with E-state index >= 15 is 0 Å². The van der Waals surface area contributed by atoms with Crippen molar-refractivity contribution in [1.82, 2.24) is 0 Å². The second-order valence-electron chi connectivity index (χ2n) is 4.84. The molecule has 6 heteroatoms. The van der Waals surface area contributed by atoms with Crippen molar-refractivity contribution >= 4 is 33.0 Å². The Kier molecular flexibility index (Phi) is 4.80. The lowest BCUT2D eigenvalue weighted by Gasteiger charge is -2.13. The van der Waals surface area contributed by atoms with Gasteiger partial charge in [0.25, 0.3) is 5.69 Å². The molecule has 1 N–H and O–H groups in total. The first-order valence-electron chi connectivity index (χ1n) is 6.41. The van der Waals surface area contributed by atoms with Gasteiger partial charge in [-0.25, -0.2) is 0 Å². The molecule has 0 aromatic heterocycles. The second kappa shape index (κ2) is 6.58. The number of anilines is 2. The molecule has 110 valence electrons. The number of benzene rings is 2. The second-order valence-corrected chi connectivity index (χ2v) is 5.69. The van der Waals surface area contributed by atoms with Gasteiger partial charge in [-0.3, -0.25) is 10.1 Å². The first-order chi connectivity index (χ1) is 9.97. The van der Waals surface area contributed by atoms with Gasteiger partial charge in [0, 0.05) is 38.1 Å². The van der Waals surface area contributed by atoms with Gasteiger partial charge in [0.1, 0.15) is 0 Å². The third kappa shape index (κ3) is 3.95. The molecule has 0 bridgehead atoms. The van der Waals surface area contributed by atoms with E-state index in [0.717, 1.165) is 16.9 Å². The fourth-order valence-electron chi connectivity index (χ4n) is 1.88. The molecule has 0 atom stereocenters. The minimum Gasteiger partial charge on any atom is -0.381 e. The molecule has 2 aromatic carbocycles. The number of hydrogen-bond donors (Lipinski definition) is 1. The van der Waals surface area contributed by atoms with Gasteiger partial charge < -0.3 is 10.2 Å². The maximum Gasteiger partial charge on any atom is 0.285 e. The first kappa shape index (κ1) is 15.3. The normalized spacial score (nSPS) is 10.2. The Hall–Kier alpha value is -2.08. The molecule has 2 rings (SSSR count). The van der Waals surface area contributed by atoms with Crippen LogP contribution in [0.4, 0.5) is 17.1 Å². The van der Waals surface area contributed by atoms with Crippen molar-refractivity contribution in [2.45, 2.75) is 6.54 Å². The van der Waals surface area contributed by atoms with Crippen LogP contribution in [0.2, 0.25) is 0 Å². The monoisotopic (exact) mass is 349 g/mol. The van der Waals surface area contributed by atoms with Crippen molar-refractivity contribution < 1.29 is 4.92 Å². The van der Waals surface area contributed by atoms with Crippen LogP contribution in [-0.2, 0) is 6.54 Å². The maximum atomic E-state index is 10.9. The van der Waals surface area contributed by atoms with Crippen molar-refractivity contribution in [3.63, 3.8) is 0 Å². The summed E-state index contributed by atoms with van der Waals surface area (Å²) in [4.78, 5) is 12.5. The topological polar surface area (TPSA) is 58.4 Å². The highest BCUT2D eigenvalue weighted by Gasteiger charge is 2.12. The van der Waals surface area contributed by atoms with E-state index in [1.54, 1.807) is 6.07 Å². The van der Waals surface area contributed by atoms with E-state index in [-0.39, 0.29) is 5.69 Å². The Morgan fingerprint density at radius 1 is 1.19 bits per heavy atom. The Bertz CT molecular complexity index is 642. The standard InChI is InChI=1S/C15H16BrN3O2/c1-18(2)13-6-3-11(4-7-13)10-17-12-5-8-14(16)15(9-12)19(20)21/h3-9,17H,10H2,1-2H3. The number of hydrogen-bond acceptors (Lipinski definition) is 4. The van der Waals surface area contributed by atoms with Gasteiger partial charge >= 0.3 is 0 Å². The van der Waals surface area contributed by atoms with Crippen LogP contribution in [0.15, 0.2) is 46.9 Å². The van der Waals surface area contributed by atoms with Crippen LogP contribution in [-0.4, -0.2) is 19.0 Å². The highest BCUT2D eigenvalue weighted by Crippen LogP contribution is 2.28. The van der Waals surface area contributed by atoms with Crippen molar-refractivity contribution in [1.29, 1.82) is 0 Å². The molecular weight excluding hydrogens is 334 g/mol. The lowest BCUT2D eigenvalue weighted by Crippen LogP contribution is -2.08. The predicted octanol–water partition coefficient (Wildman–Crippen LogP) is 4.04. The molecule has 0 saturated carbocycles. The summed E-state index contributed by atoms with van der Waals surface area (Å²) in [5.74, 6) is 0. The van der Waals surface area contributed by atoms with E-state index in [2.05, 4.69) is 21.2 Å². The highest BCUT2D eigenvalue weighted by atomic mass is 79.9. The fraction of sp³-hybridized carbons (Fsp3) is 0.200. The number of rotatable bonds is 5. The number of nitrogens with zero attached hydrogens (tertiary/aromatic N) is 2. The Balaban J connectivity index is 2.06. The zero-order valence-corrected chi connectivity index (χ0v) is 13.4. The van der Waals surface area contributed by atoms with Crippen molar-refractivity contribution in [2.24, 2.45) is 0 Å². The minimum absolute atomic E-state index is 0.0583. The fourth-order valence-corrected chi connectivity index (χ4v) is 2.27. The summed E-state index contributed by atoms with van der Waals surface area (Å²) in [6, 6.07) is 13.2. The van der Waals surface area contributed by atoms with Crippen molar-refractivity contribution in [3.8, 4) is 0 Å². The molecule has 21 heavy (non-hydrogen) atoms. The van der Waals surface area contributed by atoms with E-state index in [1.807, 2.05) is 49.3 Å². The van der Waals surface area contributed by atoms with Crippen molar-refractivity contribution in [3.05, 3.63) is 62.6 Å².